The predicted molar refractivity (Wildman–Crippen MR) is 50.4 cm³/mol. The van der Waals surface area contributed by atoms with Crippen LogP contribution >= 0.6 is 0 Å². The van der Waals surface area contributed by atoms with E-state index in [0.717, 1.165) is 11.4 Å². The Bertz CT molecular complexity index is 284. The molecule has 0 amide bonds. The van der Waals surface area contributed by atoms with Crippen molar-refractivity contribution in [2.75, 3.05) is 0 Å². The van der Waals surface area contributed by atoms with Gasteiger partial charge in [0.25, 0.3) is 0 Å². The average Bonchev–Trinajstić information content (AvgIpc) is 2.12. The molecule has 1 aliphatic rings. The summed E-state index contributed by atoms with van der Waals surface area (Å²) >= 11 is 0. The van der Waals surface area contributed by atoms with E-state index in [0.29, 0.717) is 12.6 Å². The average molecular weight is 178 g/mol. The van der Waals surface area contributed by atoms with Gasteiger partial charge in [-0.1, -0.05) is 0 Å². The highest BCUT2D eigenvalue weighted by Gasteiger charge is 2.20. The van der Waals surface area contributed by atoms with Crippen molar-refractivity contribution in [3.63, 3.8) is 0 Å². The number of nitrogens with two attached hydrogens (primary N) is 1. The molecule has 0 saturated heterocycles. The Hall–Kier alpha value is -1.09. The summed E-state index contributed by atoms with van der Waals surface area (Å²) in [5.74, 6) is 0.856. The molecule has 0 radical (unpaired) electrons. The summed E-state index contributed by atoms with van der Waals surface area (Å²) in [6.45, 7) is 0.447. The molecule has 1 aromatic heterocycles. The van der Waals surface area contributed by atoms with Crippen LogP contribution in [0.2, 0.25) is 0 Å². The summed E-state index contributed by atoms with van der Waals surface area (Å²) in [6.07, 6.45) is 5.76. The van der Waals surface area contributed by atoms with Crippen LogP contribution in [-0.2, 0) is 6.54 Å². The molecule has 2 rings (SSSR count). The molecule has 0 aliphatic heterocycles. The van der Waals surface area contributed by atoms with E-state index in [1.807, 2.05) is 12.1 Å². The van der Waals surface area contributed by atoms with E-state index in [1.54, 1.807) is 6.20 Å². The first-order valence-electron chi connectivity index (χ1n) is 4.71. The number of pyridine rings is 1. The molecule has 0 atom stereocenters. The molecule has 1 aliphatic carbocycles. The van der Waals surface area contributed by atoms with Crippen LogP contribution in [0.25, 0.3) is 0 Å². The van der Waals surface area contributed by atoms with E-state index < -0.39 is 0 Å². The van der Waals surface area contributed by atoms with Crippen LogP contribution in [0.5, 0.6) is 5.75 Å². The number of ether oxygens (including phenoxy) is 1. The van der Waals surface area contributed by atoms with E-state index in [9.17, 15) is 0 Å². The summed E-state index contributed by atoms with van der Waals surface area (Å²) in [5.41, 5.74) is 6.40. The molecule has 3 nitrogen and oxygen atoms in total. The Balaban J connectivity index is 2.08. The van der Waals surface area contributed by atoms with Gasteiger partial charge in [0.05, 0.1) is 11.8 Å². The zero-order valence-electron chi connectivity index (χ0n) is 7.57. The molecule has 1 aromatic rings. The summed E-state index contributed by atoms with van der Waals surface area (Å²) in [6, 6.07) is 3.82. The topological polar surface area (TPSA) is 48.1 Å². The van der Waals surface area contributed by atoms with Gasteiger partial charge in [0.15, 0.2) is 0 Å². The van der Waals surface area contributed by atoms with Crippen molar-refractivity contribution in [2.45, 2.75) is 31.9 Å². The number of rotatable bonds is 3. The maximum Gasteiger partial charge on any atom is 0.142 e. The first-order chi connectivity index (χ1) is 6.40. The van der Waals surface area contributed by atoms with Crippen molar-refractivity contribution in [3.8, 4) is 5.75 Å². The van der Waals surface area contributed by atoms with Crippen LogP contribution in [-0.4, -0.2) is 11.1 Å². The molecule has 13 heavy (non-hydrogen) atoms. The Morgan fingerprint density at radius 2 is 2.38 bits per heavy atom. The monoisotopic (exact) mass is 178 g/mol. The van der Waals surface area contributed by atoms with E-state index in [1.165, 1.54) is 19.3 Å². The predicted octanol–water partition coefficient (Wildman–Crippen LogP) is 1.47. The SMILES string of the molecule is NCc1ncccc1OC1CCC1. The van der Waals surface area contributed by atoms with E-state index in [4.69, 9.17) is 10.5 Å². The van der Waals surface area contributed by atoms with Crippen LogP contribution in [0, 0.1) is 0 Å². The van der Waals surface area contributed by atoms with Crippen LogP contribution < -0.4 is 10.5 Å². The summed E-state index contributed by atoms with van der Waals surface area (Å²) in [4.78, 5) is 4.16. The second-order valence-corrected chi connectivity index (χ2v) is 3.32. The number of aromatic nitrogens is 1. The third-order valence-electron chi connectivity index (χ3n) is 2.39. The van der Waals surface area contributed by atoms with Gasteiger partial charge in [-0.2, -0.15) is 0 Å². The van der Waals surface area contributed by atoms with Gasteiger partial charge in [-0.05, 0) is 31.4 Å². The highest BCUT2D eigenvalue weighted by atomic mass is 16.5. The van der Waals surface area contributed by atoms with E-state index >= 15 is 0 Å². The molecule has 70 valence electrons. The number of hydrogen-bond acceptors (Lipinski definition) is 3. The van der Waals surface area contributed by atoms with Crippen molar-refractivity contribution >= 4 is 0 Å². The molecular formula is C10H14N2O. The van der Waals surface area contributed by atoms with E-state index in [2.05, 4.69) is 4.98 Å². The van der Waals surface area contributed by atoms with Crippen molar-refractivity contribution in [3.05, 3.63) is 24.0 Å². The molecule has 1 fully saturated rings. The second-order valence-electron chi connectivity index (χ2n) is 3.32. The first kappa shape index (κ1) is 8.51. The van der Waals surface area contributed by atoms with Gasteiger partial charge in [-0.25, -0.2) is 0 Å². The van der Waals surface area contributed by atoms with Crippen molar-refractivity contribution in [2.24, 2.45) is 5.73 Å². The first-order valence-corrected chi connectivity index (χ1v) is 4.71. The summed E-state index contributed by atoms with van der Waals surface area (Å²) < 4.78 is 5.73. The maximum atomic E-state index is 5.73. The fourth-order valence-corrected chi connectivity index (χ4v) is 1.35. The smallest absolute Gasteiger partial charge is 0.142 e. The largest absolute Gasteiger partial charge is 0.488 e. The number of nitrogens with zero attached hydrogens (tertiary/aromatic N) is 1. The van der Waals surface area contributed by atoms with Crippen LogP contribution in [0.15, 0.2) is 18.3 Å². The summed E-state index contributed by atoms with van der Waals surface area (Å²) in [5, 5.41) is 0. The van der Waals surface area contributed by atoms with Gasteiger partial charge >= 0.3 is 0 Å². The van der Waals surface area contributed by atoms with Gasteiger partial charge in [-0.15, -0.1) is 0 Å². The fraction of sp³-hybridized carbons (Fsp3) is 0.500. The standard InChI is InChI=1S/C10H14N2O/c11-7-9-10(5-2-6-12-9)13-8-3-1-4-8/h2,5-6,8H,1,3-4,7,11H2. The minimum Gasteiger partial charge on any atom is -0.488 e. The normalized spacial score (nSPS) is 16.7. The van der Waals surface area contributed by atoms with Crippen molar-refractivity contribution < 1.29 is 4.74 Å². The Kier molecular flexibility index (Phi) is 2.45. The molecule has 2 N–H and O–H groups in total. The Labute approximate surface area is 77.9 Å². The lowest BCUT2D eigenvalue weighted by Gasteiger charge is -2.26. The fourth-order valence-electron chi connectivity index (χ4n) is 1.35. The van der Waals surface area contributed by atoms with Crippen LogP contribution in [0.4, 0.5) is 0 Å². The van der Waals surface area contributed by atoms with Gasteiger partial charge < -0.3 is 10.5 Å². The highest BCUT2D eigenvalue weighted by Crippen LogP contribution is 2.26. The maximum absolute atomic E-state index is 5.73. The highest BCUT2D eigenvalue weighted by molar-refractivity contribution is 5.27. The van der Waals surface area contributed by atoms with E-state index in [-0.39, 0.29) is 0 Å². The van der Waals surface area contributed by atoms with Gasteiger partial charge in [0.1, 0.15) is 5.75 Å². The van der Waals surface area contributed by atoms with Gasteiger partial charge in [0.2, 0.25) is 0 Å². The van der Waals surface area contributed by atoms with Gasteiger partial charge in [0, 0.05) is 12.7 Å². The Morgan fingerprint density at radius 1 is 1.54 bits per heavy atom. The quantitative estimate of drug-likeness (QED) is 0.762. The van der Waals surface area contributed by atoms with Crippen molar-refractivity contribution in [1.82, 2.24) is 4.98 Å². The molecule has 1 saturated carbocycles. The van der Waals surface area contributed by atoms with Gasteiger partial charge in [-0.3, -0.25) is 4.98 Å². The molecule has 1 heterocycles. The molecule has 0 spiro atoms. The third-order valence-corrected chi connectivity index (χ3v) is 2.39. The van der Waals surface area contributed by atoms with Crippen molar-refractivity contribution in [1.29, 1.82) is 0 Å². The molecule has 0 aromatic carbocycles. The zero-order chi connectivity index (χ0) is 9.10. The lowest BCUT2D eigenvalue weighted by Crippen LogP contribution is -2.25. The molecule has 0 unspecified atom stereocenters. The molecular weight excluding hydrogens is 164 g/mol. The zero-order valence-corrected chi connectivity index (χ0v) is 7.57. The Morgan fingerprint density at radius 3 is 3.00 bits per heavy atom. The minimum atomic E-state index is 0.398. The van der Waals surface area contributed by atoms with Crippen LogP contribution in [0.1, 0.15) is 25.0 Å². The second kappa shape index (κ2) is 3.75. The van der Waals surface area contributed by atoms with Crippen LogP contribution in [0.3, 0.4) is 0 Å². The molecule has 3 heteroatoms. The molecule has 0 bridgehead atoms. The minimum absolute atomic E-state index is 0.398. The lowest BCUT2D eigenvalue weighted by molar-refractivity contribution is 0.118. The summed E-state index contributed by atoms with van der Waals surface area (Å²) in [7, 11) is 0. The number of hydrogen-bond donors (Lipinski definition) is 1. The third kappa shape index (κ3) is 1.80. The lowest BCUT2D eigenvalue weighted by atomic mass is 9.96.